The van der Waals surface area contributed by atoms with Gasteiger partial charge in [0.2, 0.25) is 0 Å². The van der Waals surface area contributed by atoms with Crippen molar-refractivity contribution < 1.29 is 9.13 Å². The number of fused-ring (bicyclic) bond motifs is 1. The number of imidazole rings is 1. The molecular formula is C16H15FN2O. The van der Waals surface area contributed by atoms with Gasteiger partial charge in [0, 0.05) is 12.8 Å². The van der Waals surface area contributed by atoms with Crippen molar-refractivity contribution in [2.24, 2.45) is 0 Å². The maximum Gasteiger partial charge on any atom is 0.139 e. The molecule has 0 amide bonds. The van der Waals surface area contributed by atoms with E-state index in [1.807, 2.05) is 37.3 Å². The molecule has 2 heterocycles. The first-order valence-corrected chi connectivity index (χ1v) is 6.58. The van der Waals surface area contributed by atoms with Gasteiger partial charge in [-0.15, -0.1) is 0 Å². The molecule has 0 aliphatic carbocycles. The van der Waals surface area contributed by atoms with E-state index in [0.717, 1.165) is 11.3 Å². The van der Waals surface area contributed by atoms with Gasteiger partial charge < -0.3 is 4.74 Å². The maximum absolute atomic E-state index is 13.5. The first-order chi connectivity index (χ1) is 9.79. The van der Waals surface area contributed by atoms with E-state index in [1.54, 1.807) is 16.7 Å². The molecule has 1 atom stereocenters. The van der Waals surface area contributed by atoms with Crippen molar-refractivity contribution in [1.29, 1.82) is 0 Å². The molecule has 20 heavy (non-hydrogen) atoms. The smallest absolute Gasteiger partial charge is 0.139 e. The van der Waals surface area contributed by atoms with Crippen LogP contribution in [-0.4, -0.2) is 16.0 Å². The summed E-state index contributed by atoms with van der Waals surface area (Å²) in [7, 11) is 0. The monoisotopic (exact) mass is 270 g/mol. The fraction of sp³-hybridized carbons (Fsp3) is 0.188. The number of nitrogens with zero attached hydrogens (tertiary/aromatic N) is 2. The summed E-state index contributed by atoms with van der Waals surface area (Å²) in [5, 5.41) is 0. The molecule has 1 unspecified atom stereocenters. The first kappa shape index (κ1) is 12.8. The van der Waals surface area contributed by atoms with Crippen LogP contribution in [0.1, 0.15) is 24.3 Å². The highest BCUT2D eigenvalue weighted by Gasteiger charge is 2.18. The number of hydrogen-bond acceptors (Lipinski definition) is 2. The second-order valence-corrected chi connectivity index (χ2v) is 4.50. The van der Waals surface area contributed by atoms with Crippen molar-refractivity contribution in [2.45, 2.75) is 13.0 Å². The van der Waals surface area contributed by atoms with Gasteiger partial charge in [0.15, 0.2) is 0 Å². The van der Waals surface area contributed by atoms with Gasteiger partial charge in [-0.1, -0.05) is 30.3 Å². The molecule has 102 valence electrons. The lowest BCUT2D eigenvalue weighted by Crippen LogP contribution is -2.09. The van der Waals surface area contributed by atoms with Crippen molar-refractivity contribution in [2.75, 3.05) is 6.61 Å². The van der Waals surface area contributed by atoms with Gasteiger partial charge in [0.25, 0.3) is 0 Å². The van der Waals surface area contributed by atoms with Gasteiger partial charge in [-0.25, -0.2) is 9.37 Å². The van der Waals surface area contributed by atoms with Crippen molar-refractivity contribution in [3.8, 4) is 0 Å². The van der Waals surface area contributed by atoms with Gasteiger partial charge in [0.05, 0.1) is 11.9 Å². The van der Waals surface area contributed by atoms with Crippen molar-refractivity contribution in [3.63, 3.8) is 0 Å². The summed E-state index contributed by atoms with van der Waals surface area (Å²) in [6, 6.07) is 13.0. The van der Waals surface area contributed by atoms with Gasteiger partial charge in [-0.2, -0.15) is 0 Å². The van der Waals surface area contributed by atoms with Crippen molar-refractivity contribution in [1.82, 2.24) is 9.38 Å². The molecule has 0 aliphatic heterocycles. The van der Waals surface area contributed by atoms with E-state index in [9.17, 15) is 4.39 Å². The van der Waals surface area contributed by atoms with Crippen LogP contribution in [0.25, 0.3) is 5.65 Å². The van der Waals surface area contributed by atoms with Gasteiger partial charge in [0.1, 0.15) is 17.6 Å². The summed E-state index contributed by atoms with van der Waals surface area (Å²) >= 11 is 0. The molecule has 0 spiro atoms. The van der Waals surface area contributed by atoms with Crippen LogP contribution in [-0.2, 0) is 4.74 Å². The fourth-order valence-corrected chi connectivity index (χ4v) is 2.31. The second-order valence-electron chi connectivity index (χ2n) is 4.50. The van der Waals surface area contributed by atoms with E-state index in [-0.39, 0.29) is 11.9 Å². The number of aromatic nitrogens is 2. The molecule has 4 heteroatoms. The third-order valence-electron chi connectivity index (χ3n) is 3.20. The summed E-state index contributed by atoms with van der Waals surface area (Å²) < 4.78 is 21.0. The normalized spacial score (nSPS) is 12.7. The number of halogens is 1. The van der Waals surface area contributed by atoms with Crippen LogP contribution >= 0.6 is 0 Å². The highest BCUT2D eigenvalue weighted by Crippen LogP contribution is 2.26. The van der Waals surface area contributed by atoms with Crippen molar-refractivity contribution in [3.05, 3.63) is 71.9 Å². The number of ether oxygens (including phenoxy) is 1. The third-order valence-corrected chi connectivity index (χ3v) is 3.20. The van der Waals surface area contributed by atoms with Gasteiger partial charge >= 0.3 is 0 Å². The van der Waals surface area contributed by atoms with E-state index in [1.165, 1.54) is 12.3 Å². The van der Waals surface area contributed by atoms with Crippen LogP contribution in [0.5, 0.6) is 0 Å². The van der Waals surface area contributed by atoms with E-state index >= 15 is 0 Å². The van der Waals surface area contributed by atoms with Crippen LogP contribution in [0.15, 0.2) is 54.9 Å². The lowest BCUT2D eigenvalue weighted by molar-refractivity contribution is 0.0877. The minimum absolute atomic E-state index is 0.252. The minimum Gasteiger partial charge on any atom is -0.367 e. The lowest BCUT2D eigenvalue weighted by Gasteiger charge is -2.17. The van der Waals surface area contributed by atoms with E-state index in [2.05, 4.69) is 4.98 Å². The lowest BCUT2D eigenvalue weighted by atomic mass is 10.1. The molecule has 3 nitrogen and oxygen atoms in total. The molecule has 0 radical (unpaired) electrons. The topological polar surface area (TPSA) is 26.5 Å². The van der Waals surface area contributed by atoms with Crippen LogP contribution in [0, 0.1) is 5.82 Å². The van der Waals surface area contributed by atoms with Crippen LogP contribution < -0.4 is 0 Å². The first-order valence-electron chi connectivity index (χ1n) is 6.58. The zero-order valence-electron chi connectivity index (χ0n) is 11.2. The molecule has 0 fully saturated rings. The summed E-state index contributed by atoms with van der Waals surface area (Å²) in [6.45, 7) is 2.52. The average molecular weight is 270 g/mol. The quantitative estimate of drug-likeness (QED) is 0.724. The predicted octanol–water partition coefficient (Wildman–Crippen LogP) is 3.60. The highest BCUT2D eigenvalue weighted by molar-refractivity contribution is 5.42. The number of rotatable bonds is 4. The fourth-order valence-electron chi connectivity index (χ4n) is 2.31. The molecule has 0 N–H and O–H groups in total. The predicted molar refractivity (Wildman–Crippen MR) is 75.1 cm³/mol. The van der Waals surface area contributed by atoms with Crippen molar-refractivity contribution >= 4 is 5.65 Å². The molecule has 1 aromatic carbocycles. The number of benzene rings is 1. The molecule has 0 bridgehead atoms. The Morgan fingerprint density at radius 3 is 2.75 bits per heavy atom. The Bertz CT molecular complexity index is 709. The number of pyridine rings is 1. The standard InChI is InChI=1S/C16H15FN2O/c1-2-20-16(12-6-4-3-5-7-12)14-10-18-15-9-8-13(17)11-19(14)15/h3-11,16H,2H2,1H3. The summed E-state index contributed by atoms with van der Waals surface area (Å²) in [4.78, 5) is 4.30. The maximum atomic E-state index is 13.5. The molecular weight excluding hydrogens is 255 g/mol. The molecule has 0 aliphatic rings. The van der Waals surface area contributed by atoms with E-state index < -0.39 is 0 Å². The van der Waals surface area contributed by atoms with Crippen LogP contribution in [0.3, 0.4) is 0 Å². The number of hydrogen-bond donors (Lipinski definition) is 0. The Morgan fingerprint density at radius 2 is 2.00 bits per heavy atom. The molecule has 3 rings (SSSR count). The van der Waals surface area contributed by atoms with E-state index in [4.69, 9.17) is 4.74 Å². The highest BCUT2D eigenvalue weighted by atomic mass is 19.1. The Labute approximate surface area is 116 Å². The Kier molecular flexibility index (Phi) is 3.48. The SMILES string of the molecule is CCOC(c1ccccc1)c1cnc2ccc(F)cn12. The minimum atomic E-state index is -0.292. The summed E-state index contributed by atoms with van der Waals surface area (Å²) in [5.41, 5.74) is 2.56. The second kappa shape index (κ2) is 5.43. The largest absolute Gasteiger partial charge is 0.367 e. The molecule has 0 saturated heterocycles. The van der Waals surface area contributed by atoms with E-state index in [0.29, 0.717) is 12.3 Å². The Hall–Kier alpha value is -2.20. The average Bonchev–Trinajstić information content (AvgIpc) is 2.88. The summed E-state index contributed by atoms with van der Waals surface area (Å²) in [6.07, 6.45) is 2.92. The van der Waals surface area contributed by atoms with Gasteiger partial charge in [-0.3, -0.25) is 4.40 Å². The Morgan fingerprint density at radius 1 is 1.20 bits per heavy atom. The zero-order chi connectivity index (χ0) is 13.9. The van der Waals surface area contributed by atoms with Crippen LogP contribution in [0.4, 0.5) is 4.39 Å². The van der Waals surface area contributed by atoms with Crippen LogP contribution in [0.2, 0.25) is 0 Å². The molecule has 0 saturated carbocycles. The molecule has 2 aromatic heterocycles. The molecule has 3 aromatic rings. The zero-order valence-corrected chi connectivity index (χ0v) is 11.2. The third kappa shape index (κ3) is 2.30. The summed E-state index contributed by atoms with van der Waals surface area (Å²) in [5.74, 6) is -0.292. The Balaban J connectivity index is 2.12. The van der Waals surface area contributed by atoms with Gasteiger partial charge in [-0.05, 0) is 24.6 Å².